The second kappa shape index (κ2) is 5.05. The van der Waals surface area contributed by atoms with Crippen LogP contribution in [0.5, 0.6) is 5.75 Å². The summed E-state index contributed by atoms with van der Waals surface area (Å²) in [4.78, 5) is 25.9. The molecule has 0 aliphatic heterocycles. The molecule has 0 aliphatic carbocycles. The van der Waals surface area contributed by atoms with Gasteiger partial charge in [-0.05, 0) is 12.1 Å². The molecule has 0 atom stereocenters. The summed E-state index contributed by atoms with van der Waals surface area (Å²) >= 11 is 0. The fraction of sp³-hybridized carbons (Fsp3) is 0.167. The van der Waals surface area contributed by atoms with Crippen LogP contribution in [-0.2, 0) is 4.74 Å². The fourth-order valence-electron chi connectivity index (χ4n) is 1.68. The van der Waals surface area contributed by atoms with Crippen molar-refractivity contribution in [3.63, 3.8) is 0 Å². The minimum Gasteiger partial charge on any atom is -0.465 e. The highest BCUT2D eigenvalue weighted by atomic mass is 19.3. The number of aromatic nitrogens is 1. The van der Waals surface area contributed by atoms with Crippen LogP contribution in [0.1, 0.15) is 10.4 Å². The van der Waals surface area contributed by atoms with Crippen molar-refractivity contribution in [3.05, 3.63) is 40.2 Å². The van der Waals surface area contributed by atoms with Gasteiger partial charge in [0.05, 0.1) is 18.0 Å². The van der Waals surface area contributed by atoms with Gasteiger partial charge in [0.15, 0.2) is 0 Å². The zero-order chi connectivity index (χ0) is 14.0. The first kappa shape index (κ1) is 13.0. The number of pyridine rings is 1. The van der Waals surface area contributed by atoms with Crippen LogP contribution >= 0.6 is 0 Å². The molecule has 7 heteroatoms. The Kier molecular flexibility index (Phi) is 3.46. The van der Waals surface area contributed by atoms with Crippen LogP contribution in [-0.4, -0.2) is 24.7 Å². The number of hydrogen-bond donors (Lipinski definition) is 1. The molecule has 0 aliphatic rings. The van der Waals surface area contributed by atoms with E-state index in [9.17, 15) is 18.4 Å². The summed E-state index contributed by atoms with van der Waals surface area (Å²) in [5.74, 6) is -0.968. The van der Waals surface area contributed by atoms with E-state index in [1.165, 1.54) is 18.2 Å². The monoisotopic (exact) mass is 269 g/mol. The lowest BCUT2D eigenvalue weighted by Gasteiger charge is -2.08. The number of esters is 1. The van der Waals surface area contributed by atoms with Gasteiger partial charge in [0, 0.05) is 6.20 Å². The zero-order valence-corrected chi connectivity index (χ0v) is 9.78. The molecule has 1 aromatic carbocycles. The molecule has 2 aromatic rings. The number of carbonyl (C=O) groups excluding carboxylic acids is 1. The lowest BCUT2D eigenvalue weighted by Crippen LogP contribution is -2.17. The van der Waals surface area contributed by atoms with Gasteiger partial charge in [-0.25, -0.2) is 4.79 Å². The molecule has 0 bridgehead atoms. The summed E-state index contributed by atoms with van der Waals surface area (Å²) in [6.45, 7) is -3.01. The molecular formula is C12H9F2NO4. The van der Waals surface area contributed by atoms with Crippen molar-refractivity contribution in [2.45, 2.75) is 6.61 Å². The zero-order valence-electron chi connectivity index (χ0n) is 9.78. The summed E-state index contributed by atoms with van der Waals surface area (Å²) in [6, 6.07) is 4.08. The number of H-pyrrole nitrogens is 1. The predicted molar refractivity (Wildman–Crippen MR) is 62.5 cm³/mol. The van der Waals surface area contributed by atoms with E-state index in [0.29, 0.717) is 0 Å². The Balaban J connectivity index is 2.65. The molecule has 5 nitrogen and oxygen atoms in total. The molecule has 0 saturated carbocycles. The average molecular weight is 269 g/mol. The first-order chi connectivity index (χ1) is 9.04. The maximum absolute atomic E-state index is 12.2. The van der Waals surface area contributed by atoms with E-state index in [2.05, 4.69) is 14.5 Å². The van der Waals surface area contributed by atoms with E-state index < -0.39 is 18.0 Å². The number of alkyl halides is 2. The topological polar surface area (TPSA) is 68.4 Å². The van der Waals surface area contributed by atoms with Crippen LogP contribution in [0.4, 0.5) is 8.78 Å². The van der Waals surface area contributed by atoms with E-state index in [4.69, 9.17) is 0 Å². The summed E-state index contributed by atoms with van der Waals surface area (Å²) in [5.41, 5.74) is -0.718. The minimum absolute atomic E-state index is 0.0704. The maximum Gasteiger partial charge on any atom is 0.387 e. The number of nitrogens with one attached hydrogen (secondary N) is 1. The molecule has 19 heavy (non-hydrogen) atoms. The van der Waals surface area contributed by atoms with E-state index in [1.54, 1.807) is 0 Å². The number of carbonyl (C=O) groups is 1. The van der Waals surface area contributed by atoms with Crippen LogP contribution < -0.4 is 10.2 Å². The number of halogens is 2. The molecule has 0 saturated heterocycles. The fourth-order valence-corrected chi connectivity index (χ4v) is 1.68. The van der Waals surface area contributed by atoms with Gasteiger partial charge in [0.2, 0.25) is 5.43 Å². The largest absolute Gasteiger partial charge is 0.465 e. The highest BCUT2D eigenvalue weighted by Gasteiger charge is 2.16. The SMILES string of the molecule is COC(=O)c1c[nH]c2c(OC(F)F)cccc2c1=O. The number of fused-ring (bicyclic) bond motifs is 1. The molecule has 1 heterocycles. The number of methoxy groups -OCH3 is 1. The summed E-state index contributed by atoms with van der Waals surface area (Å²) in [6.07, 6.45) is 1.11. The number of benzene rings is 1. The number of rotatable bonds is 3. The predicted octanol–water partition coefficient (Wildman–Crippen LogP) is 1.92. The van der Waals surface area contributed by atoms with Crippen LogP contribution in [0.3, 0.4) is 0 Å². The molecule has 1 aromatic heterocycles. The highest BCUT2D eigenvalue weighted by molar-refractivity contribution is 5.94. The molecule has 0 unspecified atom stereocenters. The number of para-hydroxylation sites is 1. The molecule has 0 radical (unpaired) electrons. The summed E-state index contributed by atoms with van der Waals surface area (Å²) in [5, 5.41) is 0.0704. The lowest BCUT2D eigenvalue weighted by atomic mass is 10.1. The third-order valence-corrected chi connectivity index (χ3v) is 2.50. The Morgan fingerprint density at radius 1 is 1.37 bits per heavy atom. The minimum atomic E-state index is -3.01. The van der Waals surface area contributed by atoms with Gasteiger partial charge in [-0.15, -0.1) is 0 Å². The van der Waals surface area contributed by atoms with Gasteiger partial charge in [-0.1, -0.05) is 6.07 Å². The van der Waals surface area contributed by atoms with Crippen molar-refractivity contribution >= 4 is 16.9 Å². The van der Waals surface area contributed by atoms with Crippen molar-refractivity contribution in [2.24, 2.45) is 0 Å². The smallest absolute Gasteiger partial charge is 0.387 e. The molecule has 100 valence electrons. The molecule has 1 N–H and O–H groups in total. The van der Waals surface area contributed by atoms with E-state index in [0.717, 1.165) is 13.3 Å². The molecule has 0 spiro atoms. The van der Waals surface area contributed by atoms with Crippen LogP contribution in [0.2, 0.25) is 0 Å². The summed E-state index contributed by atoms with van der Waals surface area (Å²) < 4.78 is 33.2. The standard InChI is InChI=1S/C12H9F2NO4/c1-18-11(17)7-5-15-9-6(10(7)16)3-2-4-8(9)19-12(13)14/h2-5,12H,1H3,(H,15,16). The van der Waals surface area contributed by atoms with Gasteiger partial charge in [0.1, 0.15) is 11.3 Å². The van der Waals surface area contributed by atoms with E-state index in [-0.39, 0.29) is 22.2 Å². The summed E-state index contributed by atoms with van der Waals surface area (Å²) in [7, 11) is 1.14. The molecule has 0 fully saturated rings. The second-order valence-corrected chi connectivity index (χ2v) is 3.58. The van der Waals surface area contributed by atoms with Crippen molar-refractivity contribution < 1.29 is 23.0 Å². The van der Waals surface area contributed by atoms with Gasteiger partial charge >= 0.3 is 12.6 Å². The third kappa shape index (κ3) is 2.40. The van der Waals surface area contributed by atoms with Crippen molar-refractivity contribution in [1.82, 2.24) is 4.98 Å². The van der Waals surface area contributed by atoms with Gasteiger partial charge < -0.3 is 14.5 Å². The number of hydrogen-bond acceptors (Lipinski definition) is 4. The average Bonchev–Trinajstić information content (AvgIpc) is 2.38. The maximum atomic E-state index is 12.2. The molecular weight excluding hydrogens is 260 g/mol. The number of ether oxygens (including phenoxy) is 2. The molecule has 2 rings (SSSR count). The van der Waals surface area contributed by atoms with Gasteiger partial charge in [-0.3, -0.25) is 4.79 Å². The Morgan fingerprint density at radius 2 is 2.11 bits per heavy atom. The van der Waals surface area contributed by atoms with Crippen LogP contribution in [0, 0.1) is 0 Å². The Labute approximate surface area is 105 Å². The highest BCUT2D eigenvalue weighted by Crippen LogP contribution is 2.23. The van der Waals surface area contributed by atoms with E-state index in [1.807, 2.05) is 0 Å². The quantitative estimate of drug-likeness (QED) is 0.864. The van der Waals surface area contributed by atoms with Crippen molar-refractivity contribution in [3.8, 4) is 5.75 Å². The Bertz CT molecular complexity index is 681. The Morgan fingerprint density at radius 3 is 2.74 bits per heavy atom. The van der Waals surface area contributed by atoms with Crippen LogP contribution in [0.15, 0.2) is 29.2 Å². The van der Waals surface area contributed by atoms with E-state index >= 15 is 0 Å². The van der Waals surface area contributed by atoms with Gasteiger partial charge in [0.25, 0.3) is 0 Å². The normalized spacial score (nSPS) is 10.7. The van der Waals surface area contributed by atoms with Crippen molar-refractivity contribution in [2.75, 3.05) is 7.11 Å². The Hall–Kier alpha value is -2.44. The first-order valence-electron chi connectivity index (χ1n) is 5.22. The number of aromatic amines is 1. The second-order valence-electron chi connectivity index (χ2n) is 3.58. The van der Waals surface area contributed by atoms with Gasteiger partial charge in [-0.2, -0.15) is 8.78 Å². The van der Waals surface area contributed by atoms with Crippen LogP contribution in [0.25, 0.3) is 10.9 Å². The van der Waals surface area contributed by atoms with Crippen molar-refractivity contribution in [1.29, 1.82) is 0 Å². The first-order valence-corrected chi connectivity index (χ1v) is 5.22. The lowest BCUT2D eigenvalue weighted by molar-refractivity contribution is -0.0489. The molecule has 0 amide bonds. The third-order valence-electron chi connectivity index (χ3n) is 2.50.